The van der Waals surface area contributed by atoms with Crippen LogP contribution in [0.3, 0.4) is 0 Å². The van der Waals surface area contributed by atoms with E-state index in [0.29, 0.717) is 43.4 Å². The van der Waals surface area contributed by atoms with Crippen LogP contribution in [0.4, 0.5) is 0 Å². The van der Waals surface area contributed by atoms with Crippen LogP contribution in [0.25, 0.3) is 0 Å². The van der Waals surface area contributed by atoms with E-state index in [9.17, 15) is 8.42 Å². The highest BCUT2D eigenvalue weighted by Crippen LogP contribution is 2.32. The molecule has 2 heterocycles. The third kappa shape index (κ3) is 4.30. The second-order valence-electron chi connectivity index (χ2n) is 6.28. The summed E-state index contributed by atoms with van der Waals surface area (Å²) < 4.78 is 43.7. The molecule has 1 fully saturated rings. The zero-order valence-corrected chi connectivity index (χ0v) is 16.4. The van der Waals surface area contributed by atoms with Crippen LogP contribution in [0, 0.1) is 6.92 Å². The number of piperidine rings is 1. The number of nitrogens with zero attached hydrogens (tertiary/aromatic N) is 3. The lowest BCUT2D eigenvalue weighted by atomic mass is 10.1. The van der Waals surface area contributed by atoms with Gasteiger partial charge in [-0.05, 0) is 37.5 Å². The van der Waals surface area contributed by atoms with Crippen molar-refractivity contribution in [3.05, 3.63) is 36.2 Å². The van der Waals surface area contributed by atoms with Gasteiger partial charge in [0.1, 0.15) is 22.5 Å². The highest BCUT2D eigenvalue weighted by molar-refractivity contribution is 7.89. The topological polar surface area (TPSA) is 90.9 Å². The fourth-order valence-corrected chi connectivity index (χ4v) is 4.55. The van der Waals surface area contributed by atoms with Gasteiger partial charge in [0.05, 0.1) is 14.2 Å². The first-order chi connectivity index (χ1) is 12.9. The first-order valence-electron chi connectivity index (χ1n) is 8.61. The van der Waals surface area contributed by atoms with Crippen LogP contribution < -0.4 is 14.2 Å². The van der Waals surface area contributed by atoms with Crippen molar-refractivity contribution >= 4 is 10.0 Å². The van der Waals surface area contributed by atoms with E-state index in [1.54, 1.807) is 24.5 Å². The summed E-state index contributed by atoms with van der Waals surface area (Å²) in [6.07, 6.45) is 4.38. The Bertz CT molecular complexity index is 878. The van der Waals surface area contributed by atoms with E-state index in [2.05, 4.69) is 9.97 Å². The quantitative estimate of drug-likeness (QED) is 0.742. The van der Waals surface area contributed by atoms with Gasteiger partial charge in [0.2, 0.25) is 10.0 Å². The minimum absolute atomic E-state index is 0.102. The average Bonchev–Trinajstić information content (AvgIpc) is 2.69. The predicted octanol–water partition coefficient (Wildman–Crippen LogP) is 2.03. The third-order valence-corrected chi connectivity index (χ3v) is 6.34. The monoisotopic (exact) mass is 393 g/mol. The highest BCUT2D eigenvalue weighted by Gasteiger charge is 2.32. The number of aryl methyl sites for hydroxylation is 1. The third-order valence-electron chi connectivity index (χ3n) is 4.42. The number of hydrogen-bond donors (Lipinski definition) is 0. The Kier molecular flexibility index (Phi) is 5.81. The molecule has 0 atom stereocenters. The molecule has 1 aromatic carbocycles. The van der Waals surface area contributed by atoms with Crippen molar-refractivity contribution < 1.29 is 22.6 Å². The molecule has 0 unspecified atom stereocenters. The summed E-state index contributed by atoms with van der Waals surface area (Å²) in [4.78, 5) is 8.37. The summed E-state index contributed by atoms with van der Waals surface area (Å²) in [7, 11) is -0.757. The molecule has 1 aliphatic rings. The molecule has 0 bridgehead atoms. The molecule has 0 spiro atoms. The Morgan fingerprint density at radius 3 is 2.33 bits per heavy atom. The van der Waals surface area contributed by atoms with E-state index in [-0.39, 0.29) is 11.0 Å². The molecule has 146 valence electrons. The Morgan fingerprint density at radius 1 is 1.07 bits per heavy atom. The smallest absolute Gasteiger partial charge is 0.316 e. The lowest BCUT2D eigenvalue weighted by molar-refractivity contribution is 0.124. The fourth-order valence-electron chi connectivity index (χ4n) is 2.91. The maximum Gasteiger partial charge on any atom is 0.316 e. The average molecular weight is 393 g/mol. The second kappa shape index (κ2) is 8.10. The molecule has 0 aliphatic carbocycles. The SMILES string of the molecule is COc1ccc(OC)c(S(=O)(=O)N2CCC(Oc3ncc(C)cn3)CC2)c1. The summed E-state index contributed by atoms with van der Waals surface area (Å²) in [5.41, 5.74) is 0.954. The number of ether oxygens (including phenoxy) is 3. The fraction of sp³-hybridized carbons (Fsp3) is 0.444. The van der Waals surface area contributed by atoms with Crippen LogP contribution in [-0.2, 0) is 10.0 Å². The van der Waals surface area contributed by atoms with Crippen molar-refractivity contribution in [3.8, 4) is 17.5 Å². The molecular weight excluding hydrogens is 370 g/mol. The molecule has 1 aliphatic heterocycles. The Labute approximate surface area is 159 Å². The van der Waals surface area contributed by atoms with Crippen molar-refractivity contribution in [2.75, 3.05) is 27.3 Å². The molecule has 3 rings (SSSR count). The Morgan fingerprint density at radius 2 is 1.74 bits per heavy atom. The predicted molar refractivity (Wildman–Crippen MR) is 98.7 cm³/mol. The minimum Gasteiger partial charge on any atom is -0.497 e. The molecule has 1 aromatic heterocycles. The van der Waals surface area contributed by atoms with Gasteiger partial charge < -0.3 is 14.2 Å². The van der Waals surface area contributed by atoms with Gasteiger partial charge in [-0.25, -0.2) is 18.4 Å². The van der Waals surface area contributed by atoms with Gasteiger partial charge in [-0.3, -0.25) is 0 Å². The zero-order chi connectivity index (χ0) is 19.4. The Hall–Kier alpha value is -2.39. The normalized spacial score (nSPS) is 16.1. The molecule has 9 heteroatoms. The van der Waals surface area contributed by atoms with Gasteiger partial charge in [-0.2, -0.15) is 4.31 Å². The van der Waals surface area contributed by atoms with Crippen molar-refractivity contribution in [1.82, 2.24) is 14.3 Å². The standard InChI is InChI=1S/C18H23N3O5S/c1-13-11-19-18(20-12-13)26-14-6-8-21(9-7-14)27(22,23)17-10-15(24-2)4-5-16(17)25-3/h4-5,10-12,14H,6-9H2,1-3H3. The summed E-state index contributed by atoms with van der Waals surface area (Å²) >= 11 is 0. The summed E-state index contributed by atoms with van der Waals surface area (Å²) in [6.45, 7) is 2.60. The van der Waals surface area contributed by atoms with Crippen molar-refractivity contribution in [1.29, 1.82) is 0 Å². The van der Waals surface area contributed by atoms with E-state index in [1.807, 2.05) is 6.92 Å². The largest absolute Gasteiger partial charge is 0.497 e. The maximum atomic E-state index is 13.1. The van der Waals surface area contributed by atoms with Crippen molar-refractivity contribution in [2.45, 2.75) is 30.8 Å². The van der Waals surface area contributed by atoms with Gasteiger partial charge in [-0.1, -0.05) is 0 Å². The lowest BCUT2D eigenvalue weighted by Gasteiger charge is -2.31. The van der Waals surface area contributed by atoms with E-state index in [4.69, 9.17) is 14.2 Å². The number of rotatable bonds is 6. The summed E-state index contributed by atoms with van der Waals surface area (Å²) in [5, 5.41) is 0. The molecule has 27 heavy (non-hydrogen) atoms. The molecule has 2 aromatic rings. The van der Waals surface area contributed by atoms with Gasteiger partial charge >= 0.3 is 6.01 Å². The number of hydrogen-bond acceptors (Lipinski definition) is 7. The summed E-state index contributed by atoms with van der Waals surface area (Å²) in [6, 6.07) is 5.06. The van der Waals surface area contributed by atoms with E-state index >= 15 is 0 Å². The van der Waals surface area contributed by atoms with Crippen LogP contribution in [0.15, 0.2) is 35.5 Å². The van der Waals surface area contributed by atoms with Crippen LogP contribution in [0.5, 0.6) is 17.5 Å². The van der Waals surface area contributed by atoms with Gasteiger partial charge in [0, 0.05) is 31.5 Å². The molecule has 0 radical (unpaired) electrons. The second-order valence-corrected chi connectivity index (χ2v) is 8.19. The van der Waals surface area contributed by atoms with Gasteiger partial charge in [0.25, 0.3) is 0 Å². The van der Waals surface area contributed by atoms with Crippen LogP contribution in [0.2, 0.25) is 0 Å². The molecule has 0 saturated carbocycles. The van der Waals surface area contributed by atoms with Crippen molar-refractivity contribution in [3.63, 3.8) is 0 Å². The van der Waals surface area contributed by atoms with E-state index < -0.39 is 10.0 Å². The number of benzene rings is 1. The van der Waals surface area contributed by atoms with Gasteiger partial charge in [0.15, 0.2) is 0 Å². The number of sulfonamides is 1. The van der Waals surface area contributed by atoms with Crippen molar-refractivity contribution in [2.24, 2.45) is 0 Å². The lowest BCUT2D eigenvalue weighted by Crippen LogP contribution is -2.42. The van der Waals surface area contributed by atoms with Gasteiger partial charge in [-0.15, -0.1) is 0 Å². The first-order valence-corrected chi connectivity index (χ1v) is 10.1. The molecule has 1 saturated heterocycles. The van der Waals surface area contributed by atoms with Crippen LogP contribution >= 0.6 is 0 Å². The zero-order valence-electron chi connectivity index (χ0n) is 15.6. The summed E-state index contributed by atoms with van der Waals surface area (Å²) in [5.74, 6) is 0.756. The van der Waals surface area contributed by atoms with Crippen LogP contribution in [0.1, 0.15) is 18.4 Å². The van der Waals surface area contributed by atoms with E-state index in [1.165, 1.54) is 24.6 Å². The molecule has 8 nitrogen and oxygen atoms in total. The Balaban J connectivity index is 1.70. The first kappa shape index (κ1) is 19.4. The highest BCUT2D eigenvalue weighted by atomic mass is 32.2. The van der Waals surface area contributed by atoms with E-state index in [0.717, 1.165) is 5.56 Å². The minimum atomic E-state index is -3.70. The van der Waals surface area contributed by atoms with Crippen LogP contribution in [-0.4, -0.2) is 56.1 Å². The number of methoxy groups -OCH3 is 2. The number of aromatic nitrogens is 2. The molecular formula is C18H23N3O5S. The molecule has 0 amide bonds. The molecule has 0 N–H and O–H groups in total. The maximum absolute atomic E-state index is 13.1.